The summed E-state index contributed by atoms with van der Waals surface area (Å²) in [7, 11) is 0. The van der Waals surface area contributed by atoms with Crippen LogP contribution in [0.5, 0.6) is 11.5 Å². The van der Waals surface area contributed by atoms with Gasteiger partial charge in [0.15, 0.2) is 13.2 Å². The lowest BCUT2D eigenvalue weighted by atomic mass is 10.0. The van der Waals surface area contributed by atoms with Crippen LogP contribution >= 0.6 is 0 Å². The number of carboxylic acid groups (broad SMARTS) is 1. The lowest BCUT2D eigenvalue weighted by molar-refractivity contribution is -0.154. The molecular formula is C22H28F6N2O5. The molecule has 1 aliphatic heterocycles. The first-order valence-electron chi connectivity index (χ1n) is 11.1. The quantitative estimate of drug-likeness (QED) is 0.318. The largest absolute Gasteiger partial charge is 0.484 e. The van der Waals surface area contributed by atoms with Gasteiger partial charge in [-0.15, -0.1) is 0 Å². The van der Waals surface area contributed by atoms with Crippen molar-refractivity contribution in [2.45, 2.75) is 56.9 Å². The number of unbranched alkanes of at least 4 members (excludes halogenated alkanes) is 1. The molecule has 1 atom stereocenters. The molecule has 0 aromatic heterocycles. The highest BCUT2D eigenvalue weighted by Gasteiger charge is 2.31. The van der Waals surface area contributed by atoms with Gasteiger partial charge in [-0.1, -0.05) is 6.42 Å². The minimum atomic E-state index is -4.68. The van der Waals surface area contributed by atoms with Gasteiger partial charge >= 0.3 is 18.3 Å². The maximum Gasteiger partial charge on any atom is 0.422 e. The van der Waals surface area contributed by atoms with Crippen molar-refractivity contribution in [1.29, 1.82) is 0 Å². The Morgan fingerprint density at radius 3 is 2.37 bits per heavy atom. The van der Waals surface area contributed by atoms with Crippen LogP contribution in [-0.4, -0.2) is 73.1 Å². The van der Waals surface area contributed by atoms with E-state index in [9.17, 15) is 35.9 Å². The topological polar surface area (TPSA) is 88.1 Å². The summed E-state index contributed by atoms with van der Waals surface area (Å²) in [6, 6.07) is 2.80. The van der Waals surface area contributed by atoms with Crippen LogP contribution in [0.3, 0.4) is 0 Å². The van der Waals surface area contributed by atoms with Gasteiger partial charge in [0.05, 0.1) is 5.56 Å². The Bertz CT molecular complexity index is 847. The highest BCUT2D eigenvalue weighted by molar-refractivity contribution is 5.97. The van der Waals surface area contributed by atoms with E-state index in [1.807, 2.05) is 0 Å². The molecule has 1 aromatic rings. The molecule has 2 N–H and O–H groups in total. The van der Waals surface area contributed by atoms with Gasteiger partial charge in [-0.3, -0.25) is 14.5 Å². The first kappa shape index (κ1) is 28.5. The summed E-state index contributed by atoms with van der Waals surface area (Å²) >= 11 is 0. The van der Waals surface area contributed by atoms with Crippen molar-refractivity contribution in [3.05, 3.63) is 23.8 Å². The number of halogens is 6. The Morgan fingerprint density at radius 2 is 1.71 bits per heavy atom. The lowest BCUT2D eigenvalue weighted by Crippen LogP contribution is -2.47. The SMILES string of the molecule is O=C(O)CCCCN1CCCCC1CNC(=O)c1cc(OCC(F)(F)F)ccc1OCC(F)(F)F. The number of carbonyl (C=O) groups is 2. The fourth-order valence-corrected chi connectivity index (χ4v) is 3.71. The molecule has 0 aliphatic carbocycles. The molecule has 2 rings (SSSR count). The lowest BCUT2D eigenvalue weighted by Gasteiger charge is -2.35. The van der Waals surface area contributed by atoms with Gasteiger partial charge in [0, 0.05) is 19.0 Å². The Labute approximate surface area is 198 Å². The zero-order valence-corrected chi connectivity index (χ0v) is 18.9. The summed E-state index contributed by atoms with van der Waals surface area (Å²) < 4.78 is 84.5. The third-order valence-corrected chi connectivity index (χ3v) is 5.32. The number of alkyl halides is 6. The maximum atomic E-state index is 12.8. The van der Waals surface area contributed by atoms with E-state index in [1.54, 1.807) is 0 Å². The van der Waals surface area contributed by atoms with Crippen molar-refractivity contribution in [2.24, 2.45) is 0 Å². The fraction of sp³-hybridized carbons (Fsp3) is 0.636. The molecular weight excluding hydrogens is 486 g/mol. The summed E-state index contributed by atoms with van der Waals surface area (Å²) in [5.41, 5.74) is -0.377. The summed E-state index contributed by atoms with van der Waals surface area (Å²) in [4.78, 5) is 25.6. The predicted molar refractivity (Wildman–Crippen MR) is 113 cm³/mol. The van der Waals surface area contributed by atoms with E-state index in [2.05, 4.69) is 15.0 Å². The molecule has 198 valence electrons. The average Bonchev–Trinajstić information content (AvgIpc) is 2.77. The Balaban J connectivity index is 2.06. The van der Waals surface area contributed by atoms with Crippen molar-refractivity contribution in [2.75, 3.05) is 32.8 Å². The monoisotopic (exact) mass is 514 g/mol. The number of hydrogen-bond donors (Lipinski definition) is 2. The number of carbonyl (C=O) groups excluding carboxylic acids is 1. The van der Waals surface area contributed by atoms with Crippen LogP contribution in [0.2, 0.25) is 0 Å². The van der Waals surface area contributed by atoms with Crippen molar-refractivity contribution in [3.8, 4) is 11.5 Å². The van der Waals surface area contributed by atoms with Gasteiger partial charge in [-0.2, -0.15) is 26.3 Å². The van der Waals surface area contributed by atoms with E-state index in [1.165, 1.54) is 0 Å². The van der Waals surface area contributed by atoms with E-state index in [0.29, 0.717) is 19.4 Å². The number of likely N-dealkylation sites (tertiary alicyclic amines) is 1. The predicted octanol–water partition coefficient (Wildman–Crippen LogP) is 4.41. The zero-order valence-electron chi connectivity index (χ0n) is 18.9. The summed E-state index contributed by atoms with van der Waals surface area (Å²) in [6.45, 7) is -1.76. The second-order valence-electron chi connectivity index (χ2n) is 8.21. The molecule has 1 unspecified atom stereocenters. The van der Waals surface area contributed by atoms with Crippen molar-refractivity contribution in [3.63, 3.8) is 0 Å². The van der Waals surface area contributed by atoms with E-state index in [-0.39, 0.29) is 30.3 Å². The molecule has 13 heteroatoms. The molecule has 0 radical (unpaired) electrons. The molecule has 1 amide bonds. The first-order valence-corrected chi connectivity index (χ1v) is 11.1. The Hall–Kier alpha value is -2.70. The van der Waals surface area contributed by atoms with Crippen molar-refractivity contribution < 1.29 is 50.5 Å². The molecule has 1 heterocycles. The second kappa shape index (κ2) is 12.8. The molecule has 0 spiro atoms. The number of piperidine rings is 1. The molecule has 0 saturated carbocycles. The number of amides is 1. The van der Waals surface area contributed by atoms with Crippen LogP contribution in [0.4, 0.5) is 26.3 Å². The molecule has 7 nitrogen and oxygen atoms in total. The second-order valence-corrected chi connectivity index (χ2v) is 8.21. The smallest absolute Gasteiger partial charge is 0.422 e. The normalized spacial score (nSPS) is 17.1. The Morgan fingerprint density at radius 1 is 1.03 bits per heavy atom. The number of hydrogen-bond acceptors (Lipinski definition) is 5. The van der Waals surface area contributed by atoms with Crippen molar-refractivity contribution >= 4 is 11.9 Å². The van der Waals surface area contributed by atoms with Gasteiger partial charge in [0.25, 0.3) is 5.91 Å². The molecule has 1 aliphatic rings. The van der Waals surface area contributed by atoms with E-state index >= 15 is 0 Å². The molecule has 0 bridgehead atoms. The van der Waals surface area contributed by atoms with Gasteiger partial charge in [0.1, 0.15) is 11.5 Å². The first-order chi connectivity index (χ1) is 16.3. The average molecular weight is 514 g/mol. The molecule has 1 saturated heterocycles. The van der Waals surface area contributed by atoms with Gasteiger partial charge in [0.2, 0.25) is 0 Å². The van der Waals surface area contributed by atoms with E-state index in [4.69, 9.17) is 9.84 Å². The Kier molecular flexibility index (Phi) is 10.5. The van der Waals surface area contributed by atoms with Crippen LogP contribution in [0.25, 0.3) is 0 Å². The standard InChI is InChI=1S/C22H28F6N2O5/c23-21(24,25)13-34-16-7-8-18(35-14-22(26,27)28)17(11-16)20(33)29-12-15-5-1-3-9-30(15)10-4-2-6-19(31)32/h7-8,11,15H,1-6,9-10,12-14H2,(H,29,33)(H,31,32). The van der Waals surface area contributed by atoms with Crippen LogP contribution in [0.1, 0.15) is 48.9 Å². The summed E-state index contributed by atoms with van der Waals surface area (Å²) in [5.74, 6) is -2.47. The number of ether oxygens (including phenoxy) is 2. The third-order valence-electron chi connectivity index (χ3n) is 5.32. The van der Waals surface area contributed by atoms with Crippen molar-refractivity contribution in [1.82, 2.24) is 10.2 Å². The van der Waals surface area contributed by atoms with Crippen LogP contribution in [0, 0.1) is 0 Å². The number of rotatable bonds is 12. The third kappa shape index (κ3) is 11.1. The van der Waals surface area contributed by atoms with Gasteiger partial charge in [-0.05, 0) is 57.0 Å². The van der Waals surface area contributed by atoms with E-state index < -0.39 is 43.2 Å². The molecule has 35 heavy (non-hydrogen) atoms. The van der Waals surface area contributed by atoms with Crippen LogP contribution < -0.4 is 14.8 Å². The highest BCUT2D eigenvalue weighted by atomic mass is 19.4. The number of carboxylic acids is 1. The van der Waals surface area contributed by atoms with Gasteiger partial charge < -0.3 is 19.9 Å². The van der Waals surface area contributed by atoms with Crippen LogP contribution in [-0.2, 0) is 4.79 Å². The van der Waals surface area contributed by atoms with E-state index in [0.717, 1.165) is 44.0 Å². The number of nitrogens with one attached hydrogen (secondary N) is 1. The number of aliphatic carboxylic acids is 1. The molecule has 1 fully saturated rings. The fourth-order valence-electron chi connectivity index (χ4n) is 3.71. The summed E-state index contributed by atoms with van der Waals surface area (Å²) in [5, 5.41) is 11.4. The number of nitrogens with zero attached hydrogens (tertiary/aromatic N) is 1. The zero-order chi connectivity index (χ0) is 26.1. The highest BCUT2D eigenvalue weighted by Crippen LogP contribution is 2.28. The van der Waals surface area contributed by atoms with Crippen LogP contribution in [0.15, 0.2) is 18.2 Å². The number of benzene rings is 1. The van der Waals surface area contributed by atoms with Gasteiger partial charge in [-0.25, -0.2) is 0 Å². The maximum absolute atomic E-state index is 12.8. The summed E-state index contributed by atoms with van der Waals surface area (Å²) in [6.07, 6.45) is -5.48. The minimum absolute atomic E-state index is 0.0582. The molecule has 1 aromatic carbocycles. The minimum Gasteiger partial charge on any atom is -0.484 e.